The highest BCUT2D eigenvalue weighted by molar-refractivity contribution is 7.99. The van der Waals surface area contributed by atoms with Crippen LogP contribution < -0.4 is 5.56 Å². The number of rotatable bonds is 5. The normalized spacial score (nSPS) is 14.9. The van der Waals surface area contributed by atoms with Crippen LogP contribution in [0.5, 0.6) is 0 Å². The largest absolute Gasteiger partial charge is 0.342 e. The Morgan fingerprint density at radius 1 is 1.06 bits per heavy atom. The quantitative estimate of drug-likeness (QED) is 0.423. The number of piperidine rings is 1. The van der Waals surface area contributed by atoms with Crippen molar-refractivity contribution < 1.29 is 4.79 Å². The molecule has 8 heteroatoms. The van der Waals surface area contributed by atoms with Gasteiger partial charge in [0.15, 0.2) is 5.16 Å². The van der Waals surface area contributed by atoms with Crippen LogP contribution in [0.1, 0.15) is 30.9 Å². The van der Waals surface area contributed by atoms with Gasteiger partial charge in [0.05, 0.1) is 23.2 Å². The minimum absolute atomic E-state index is 0.0962. The average Bonchev–Trinajstić information content (AvgIpc) is 3.26. The third-order valence-corrected chi connectivity index (χ3v) is 7.31. The number of amides is 1. The Morgan fingerprint density at radius 3 is 2.55 bits per heavy atom. The smallest absolute Gasteiger partial charge is 0.263 e. The summed E-state index contributed by atoms with van der Waals surface area (Å²) in [5.41, 5.74) is 2.85. The third kappa shape index (κ3) is 4.27. The monoisotopic (exact) mass is 461 g/mol. The molecule has 0 bridgehead atoms. The molecular formula is C25H27N5O2S. The summed E-state index contributed by atoms with van der Waals surface area (Å²) < 4.78 is 3.57. The first-order valence-electron chi connectivity index (χ1n) is 11.3. The number of para-hydroxylation sites is 1. The summed E-state index contributed by atoms with van der Waals surface area (Å²) in [5, 5.41) is 9.98. The molecule has 7 nitrogen and oxygen atoms in total. The van der Waals surface area contributed by atoms with Crippen molar-refractivity contribution in [1.29, 1.82) is 0 Å². The van der Waals surface area contributed by atoms with E-state index in [2.05, 4.69) is 17.1 Å². The van der Waals surface area contributed by atoms with Crippen LogP contribution in [0.15, 0.2) is 58.5 Å². The second-order valence-corrected chi connectivity index (χ2v) is 9.81. The highest BCUT2D eigenvalue weighted by atomic mass is 32.2. The number of hydrogen-bond acceptors (Lipinski definition) is 5. The molecule has 33 heavy (non-hydrogen) atoms. The fraction of sp³-hybridized carbons (Fsp3) is 0.360. The lowest BCUT2D eigenvalue weighted by atomic mass is 9.99. The van der Waals surface area contributed by atoms with E-state index >= 15 is 0 Å². The van der Waals surface area contributed by atoms with Crippen LogP contribution >= 0.6 is 11.8 Å². The predicted molar refractivity (Wildman–Crippen MR) is 131 cm³/mol. The number of likely N-dealkylation sites (tertiary alicyclic amines) is 1. The molecule has 3 heterocycles. The maximum absolute atomic E-state index is 13.3. The van der Waals surface area contributed by atoms with Gasteiger partial charge in [-0.3, -0.25) is 18.6 Å². The number of aromatic nitrogens is 4. The van der Waals surface area contributed by atoms with Crippen LogP contribution in [0.25, 0.3) is 16.7 Å². The molecular weight excluding hydrogens is 434 g/mol. The lowest BCUT2D eigenvalue weighted by Crippen LogP contribution is -2.38. The SMILES string of the molecule is Cc1ccc(Cn2c(=O)c3ccccc3n3c(SCC(=O)N4CCC(C)CC4)nnc23)cc1. The summed E-state index contributed by atoms with van der Waals surface area (Å²) in [6, 6.07) is 15.6. The molecule has 0 unspecified atom stereocenters. The Hall–Kier alpha value is -3.13. The van der Waals surface area contributed by atoms with Crippen molar-refractivity contribution in [3.05, 3.63) is 70.0 Å². The third-order valence-electron chi connectivity index (χ3n) is 6.40. The number of nitrogens with zero attached hydrogens (tertiary/aromatic N) is 5. The topological polar surface area (TPSA) is 72.5 Å². The first-order chi connectivity index (χ1) is 16.0. The van der Waals surface area contributed by atoms with Crippen molar-refractivity contribution in [2.75, 3.05) is 18.8 Å². The Balaban J connectivity index is 1.50. The molecule has 0 saturated carbocycles. The van der Waals surface area contributed by atoms with Crippen LogP contribution in [-0.2, 0) is 11.3 Å². The molecule has 2 aromatic heterocycles. The highest BCUT2D eigenvalue weighted by Gasteiger charge is 2.22. The molecule has 1 amide bonds. The number of aryl methyl sites for hydroxylation is 1. The van der Waals surface area contributed by atoms with Crippen LogP contribution in [0, 0.1) is 12.8 Å². The van der Waals surface area contributed by atoms with Gasteiger partial charge in [-0.15, -0.1) is 10.2 Å². The van der Waals surface area contributed by atoms with Crippen molar-refractivity contribution in [2.24, 2.45) is 5.92 Å². The summed E-state index contributed by atoms with van der Waals surface area (Å²) in [6.07, 6.45) is 2.11. The molecule has 1 aliphatic heterocycles. The van der Waals surface area contributed by atoms with Gasteiger partial charge in [0, 0.05) is 13.1 Å². The van der Waals surface area contributed by atoms with Gasteiger partial charge in [-0.25, -0.2) is 0 Å². The van der Waals surface area contributed by atoms with E-state index < -0.39 is 0 Å². The van der Waals surface area contributed by atoms with Gasteiger partial charge in [-0.2, -0.15) is 0 Å². The number of hydrogen-bond donors (Lipinski definition) is 0. The Bertz CT molecular complexity index is 1370. The Labute approximate surface area is 196 Å². The van der Waals surface area contributed by atoms with Crippen molar-refractivity contribution in [1.82, 2.24) is 24.1 Å². The molecule has 0 N–H and O–H groups in total. The molecule has 1 aliphatic rings. The lowest BCUT2D eigenvalue weighted by molar-refractivity contribution is -0.129. The molecule has 0 aliphatic carbocycles. The maximum Gasteiger partial charge on any atom is 0.263 e. The molecule has 1 fully saturated rings. The fourth-order valence-electron chi connectivity index (χ4n) is 4.32. The molecule has 1 saturated heterocycles. The van der Waals surface area contributed by atoms with Gasteiger partial charge in [-0.1, -0.05) is 60.6 Å². The summed E-state index contributed by atoms with van der Waals surface area (Å²) in [7, 11) is 0. The van der Waals surface area contributed by atoms with Gasteiger partial charge in [0.1, 0.15) is 0 Å². The highest BCUT2D eigenvalue weighted by Crippen LogP contribution is 2.23. The lowest BCUT2D eigenvalue weighted by Gasteiger charge is -2.30. The van der Waals surface area contributed by atoms with Gasteiger partial charge in [0.2, 0.25) is 11.7 Å². The number of carbonyl (C=O) groups excluding carboxylic acids is 1. The molecule has 0 atom stereocenters. The second kappa shape index (κ2) is 9.02. The average molecular weight is 462 g/mol. The number of benzene rings is 2. The van der Waals surface area contributed by atoms with E-state index in [0.717, 1.165) is 37.0 Å². The zero-order valence-electron chi connectivity index (χ0n) is 18.9. The predicted octanol–water partition coefficient (Wildman–Crippen LogP) is 3.75. The summed E-state index contributed by atoms with van der Waals surface area (Å²) in [5.74, 6) is 1.60. The second-order valence-electron chi connectivity index (χ2n) is 8.86. The van der Waals surface area contributed by atoms with Crippen LogP contribution in [0.2, 0.25) is 0 Å². The van der Waals surface area contributed by atoms with Crippen LogP contribution in [0.3, 0.4) is 0 Å². The number of carbonyl (C=O) groups is 1. The van der Waals surface area contributed by atoms with Gasteiger partial charge in [-0.05, 0) is 43.4 Å². The number of thioether (sulfide) groups is 1. The standard InChI is InChI=1S/C25H27N5O2S/c1-17-7-9-19(10-8-17)15-29-23(32)20-5-3-4-6-21(20)30-24(29)26-27-25(30)33-16-22(31)28-13-11-18(2)12-14-28/h3-10,18H,11-16H2,1-2H3. The summed E-state index contributed by atoms with van der Waals surface area (Å²) in [6.45, 7) is 6.32. The molecule has 0 radical (unpaired) electrons. The molecule has 2 aromatic carbocycles. The maximum atomic E-state index is 13.3. The fourth-order valence-corrected chi connectivity index (χ4v) is 5.16. The van der Waals surface area contributed by atoms with E-state index in [1.54, 1.807) is 4.57 Å². The van der Waals surface area contributed by atoms with E-state index in [-0.39, 0.29) is 11.5 Å². The minimum atomic E-state index is -0.0962. The van der Waals surface area contributed by atoms with Gasteiger partial charge < -0.3 is 4.90 Å². The number of fused-ring (bicyclic) bond motifs is 3. The van der Waals surface area contributed by atoms with E-state index in [4.69, 9.17) is 0 Å². The Morgan fingerprint density at radius 2 is 1.79 bits per heavy atom. The van der Waals surface area contributed by atoms with Crippen molar-refractivity contribution in [3.8, 4) is 0 Å². The van der Waals surface area contributed by atoms with E-state index in [1.165, 1.54) is 17.3 Å². The van der Waals surface area contributed by atoms with Gasteiger partial charge in [0.25, 0.3) is 5.56 Å². The first kappa shape index (κ1) is 21.7. The zero-order chi connectivity index (χ0) is 22.9. The molecule has 5 rings (SSSR count). The van der Waals surface area contributed by atoms with E-state index in [9.17, 15) is 9.59 Å². The minimum Gasteiger partial charge on any atom is -0.342 e. The first-order valence-corrected chi connectivity index (χ1v) is 12.3. The molecule has 4 aromatic rings. The van der Waals surface area contributed by atoms with Gasteiger partial charge >= 0.3 is 0 Å². The molecule has 0 spiro atoms. The summed E-state index contributed by atoms with van der Waals surface area (Å²) >= 11 is 1.38. The van der Waals surface area contributed by atoms with E-state index in [1.807, 2.05) is 64.8 Å². The van der Waals surface area contributed by atoms with E-state index in [0.29, 0.717) is 34.5 Å². The van der Waals surface area contributed by atoms with Crippen molar-refractivity contribution in [3.63, 3.8) is 0 Å². The summed E-state index contributed by atoms with van der Waals surface area (Å²) in [4.78, 5) is 28.1. The van der Waals surface area contributed by atoms with Crippen molar-refractivity contribution in [2.45, 2.75) is 38.4 Å². The van der Waals surface area contributed by atoms with Crippen molar-refractivity contribution >= 4 is 34.3 Å². The Kier molecular flexibility index (Phi) is 5.93. The zero-order valence-corrected chi connectivity index (χ0v) is 19.7. The van der Waals surface area contributed by atoms with Crippen LogP contribution in [-0.4, -0.2) is 48.8 Å². The molecule has 170 valence electrons. The van der Waals surface area contributed by atoms with Crippen LogP contribution in [0.4, 0.5) is 0 Å².